The normalized spacial score (nSPS) is 14.8. The van der Waals surface area contributed by atoms with E-state index in [1.54, 1.807) is 49.4 Å². The molecule has 0 heterocycles. The molecule has 3 aromatic carbocycles. The minimum absolute atomic E-state index is 0.0318. The smallest absolute Gasteiger partial charge is 0.264 e. The number of nitrogens with zero attached hydrogens (tertiary/aromatic N) is 2. The molecule has 1 fully saturated rings. The van der Waals surface area contributed by atoms with Crippen LogP contribution >= 0.6 is 27.5 Å². The Morgan fingerprint density at radius 3 is 2.33 bits per heavy atom. The van der Waals surface area contributed by atoms with Crippen molar-refractivity contribution in [1.29, 1.82) is 0 Å². The molecular formula is C30H33BrClN3O4S. The third kappa shape index (κ3) is 7.44. The molecule has 1 aliphatic rings. The van der Waals surface area contributed by atoms with Gasteiger partial charge in [0, 0.05) is 17.1 Å². The van der Waals surface area contributed by atoms with Crippen LogP contribution in [0.15, 0.2) is 88.2 Å². The van der Waals surface area contributed by atoms with Crippen LogP contribution in [0.25, 0.3) is 0 Å². The van der Waals surface area contributed by atoms with Crippen LogP contribution in [0.1, 0.15) is 44.6 Å². The monoisotopic (exact) mass is 645 g/mol. The van der Waals surface area contributed by atoms with Crippen LogP contribution in [-0.4, -0.2) is 43.8 Å². The summed E-state index contributed by atoms with van der Waals surface area (Å²) in [6, 6.07) is 21.1. The Hall–Kier alpha value is -2.88. The first kappa shape index (κ1) is 30.1. The Bertz CT molecular complexity index is 1430. The van der Waals surface area contributed by atoms with Gasteiger partial charge < -0.3 is 10.2 Å². The van der Waals surface area contributed by atoms with E-state index in [0.29, 0.717) is 0 Å². The third-order valence-corrected chi connectivity index (χ3v) is 9.68. The van der Waals surface area contributed by atoms with Crippen molar-refractivity contribution >= 4 is 55.1 Å². The van der Waals surface area contributed by atoms with Gasteiger partial charge in [0.25, 0.3) is 10.0 Å². The van der Waals surface area contributed by atoms with Gasteiger partial charge in [-0.2, -0.15) is 0 Å². The number of anilines is 1. The number of rotatable bonds is 10. The van der Waals surface area contributed by atoms with E-state index in [-0.39, 0.29) is 34.1 Å². The highest BCUT2D eigenvalue weighted by molar-refractivity contribution is 9.10. The average molecular weight is 647 g/mol. The second-order valence-electron chi connectivity index (χ2n) is 9.95. The molecule has 0 radical (unpaired) electrons. The van der Waals surface area contributed by atoms with Gasteiger partial charge in [-0.3, -0.25) is 13.9 Å². The van der Waals surface area contributed by atoms with Crippen molar-refractivity contribution in [3.8, 4) is 0 Å². The summed E-state index contributed by atoms with van der Waals surface area (Å²) in [5, 5.41) is 3.30. The van der Waals surface area contributed by atoms with Crippen molar-refractivity contribution in [3.05, 3.63) is 93.9 Å². The van der Waals surface area contributed by atoms with Gasteiger partial charge in [0.1, 0.15) is 12.6 Å². The molecule has 3 aromatic rings. The first-order valence-corrected chi connectivity index (χ1v) is 15.9. The molecule has 10 heteroatoms. The van der Waals surface area contributed by atoms with Gasteiger partial charge in [-0.25, -0.2) is 8.42 Å². The lowest BCUT2D eigenvalue weighted by atomic mass is 9.95. The van der Waals surface area contributed by atoms with Crippen LogP contribution in [0.4, 0.5) is 5.69 Å². The van der Waals surface area contributed by atoms with Crippen molar-refractivity contribution in [2.24, 2.45) is 0 Å². The molecule has 1 atom stereocenters. The van der Waals surface area contributed by atoms with E-state index in [1.807, 2.05) is 24.3 Å². The molecular weight excluding hydrogens is 614 g/mol. The quantitative estimate of drug-likeness (QED) is 0.286. The van der Waals surface area contributed by atoms with Gasteiger partial charge in [-0.05, 0) is 61.7 Å². The second kappa shape index (κ2) is 13.7. The van der Waals surface area contributed by atoms with Gasteiger partial charge in [0.2, 0.25) is 11.8 Å². The summed E-state index contributed by atoms with van der Waals surface area (Å²) in [7, 11) is -4.16. The Balaban J connectivity index is 1.68. The Morgan fingerprint density at radius 2 is 1.65 bits per heavy atom. The number of carbonyl (C=O) groups excluding carboxylic acids is 2. The summed E-state index contributed by atoms with van der Waals surface area (Å²) >= 11 is 9.91. The Kier molecular flexibility index (Phi) is 10.3. The van der Waals surface area contributed by atoms with Gasteiger partial charge in [0.15, 0.2) is 0 Å². The van der Waals surface area contributed by atoms with Crippen molar-refractivity contribution in [3.63, 3.8) is 0 Å². The summed E-state index contributed by atoms with van der Waals surface area (Å²) in [5.41, 5.74) is 0.985. The fourth-order valence-electron chi connectivity index (χ4n) is 4.87. The van der Waals surface area contributed by atoms with Crippen LogP contribution in [-0.2, 0) is 26.2 Å². The van der Waals surface area contributed by atoms with E-state index in [9.17, 15) is 18.0 Å². The zero-order chi connectivity index (χ0) is 28.7. The predicted molar refractivity (Wildman–Crippen MR) is 162 cm³/mol. The lowest BCUT2D eigenvalue weighted by molar-refractivity contribution is -0.139. The number of benzene rings is 3. The molecule has 2 amide bonds. The topological polar surface area (TPSA) is 86.8 Å². The maximum Gasteiger partial charge on any atom is 0.264 e. The molecule has 0 saturated heterocycles. The maximum atomic E-state index is 14.0. The minimum Gasteiger partial charge on any atom is -0.352 e. The standard InChI is InChI=1S/C30H33BrClN3O4S/c1-22(30(37)33-25-13-4-2-5-14-25)34(20-23-11-10-12-24(31)19-23)29(36)21-35(28-18-9-8-17-27(28)32)40(38,39)26-15-6-3-7-16-26/h3,6-12,15-19,22,25H,2,4-5,13-14,20-21H2,1H3,(H,33,37). The van der Waals surface area contributed by atoms with E-state index in [1.165, 1.54) is 17.0 Å². The van der Waals surface area contributed by atoms with E-state index >= 15 is 0 Å². The Labute approximate surface area is 249 Å². The van der Waals surface area contributed by atoms with Crippen molar-refractivity contribution in [2.45, 2.75) is 62.6 Å². The lowest BCUT2D eigenvalue weighted by Gasteiger charge is -2.33. The van der Waals surface area contributed by atoms with Gasteiger partial charge >= 0.3 is 0 Å². The van der Waals surface area contributed by atoms with Gasteiger partial charge in [0.05, 0.1) is 15.6 Å². The number of para-hydroxylation sites is 1. The van der Waals surface area contributed by atoms with Crippen molar-refractivity contribution in [1.82, 2.24) is 10.2 Å². The fourth-order valence-corrected chi connectivity index (χ4v) is 7.06. The molecule has 0 spiro atoms. The molecule has 0 aliphatic heterocycles. The van der Waals surface area contributed by atoms with E-state index in [0.717, 1.165) is 46.4 Å². The number of halogens is 2. The highest BCUT2D eigenvalue weighted by atomic mass is 79.9. The first-order chi connectivity index (χ1) is 19.2. The molecule has 1 saturated carbocycles. The van der Waals surface area contributed by atoms with Crippen LogP contribution in [0.5, 0.6) is 0 Å². The maximum absolute atomic E-state index is 14.0. The predicted octanol–water partition coefficient (Wildman–Crippen LogP) is 6.16. The number of carbonyl (C=O) groups is 2. The summed E-state index contributed by atoms with van der Waals surface area (Å²) in [6.07, 6.45) is 5.10. The van der Waals surface area contributed by atoms with Crippen LogP contribution in [0.3, 0.4) is 0 Å². The minimum atomic E-state index is -4.16. The van der Waals surface area contributed by atoms with Crippen molar-refractivity contribution < 1.29 is 18.0 Å². The molecule has 40 heavy (non-hydrogen) atoms. The average Bonchev–Trinajstić information content (AvgIpc) is 2.95. The van der Waals surface area contributed by atoms with Crippen molar-refractivity contribution in [2.75, 3.05) is 10.8 Å². The zero-order valence-corrected chi connectivity index (χ0v) is 25.5. The zero-order valence-electron chi connectivity index (χ0n) is 22.3. The van der Waals surface area contributed by atoms with E-state index in [2.05, 4.69) is 21.2 Å². The number of amides is 2. The van der Waals surface area contributed by atoms with Gasteiger partial charge in [-0.1, -0.05) is 89.3 Å². The summed E-state index contributed by atoms with van der Waals surface area (Å²) in [6.45, 7) is 1.27. The number of sulfonamides is 1. The molecule has 7 nitrogen and oxygen atoms in total. The highest BCUT2D eigenvalue weighted by Crippen LogP contribution is 2.31. The number of hydrogen-bond acceptors (Lipinski definition) is 4. The van der Waals surface area contributed by atoms with E-state index < -0.39 is 28.5 Å². The third-order valence-electron chi connectivity index (χ3n) is 7.09. The molecule has 0 bridgehead atoms. The Morgan fingerprint density at radius 1 is 0.975 bits per heavy atom. The summed E-state index contributed by atoms with van der Waals surface area (Å²) < 4.78 is 29.5. The van der Waals surface area contributed by atoms with Crippen LogP contribution in [0, 0.1) is 0 Å². The fraction of sp³-hybridized carbons (Fsp3) is 0.333. The molecule has 1 aliphatic carbocycles. The summed E-state index contributed by atoms with van der Waals surface area (Å²) in [5.74, 6) is -0.781. The first-order valence-electron chi connectivity index (χ1n) is 13.3. The molecule has 212 valence electrons. The SMILES string of the molecule is CC(C(=O)NC1CCCCC1)N(Cc1cccc(Br)c1)C(=O)CN(c1ccccc1Cl)S(=O)(=O)c1ccccc1. The lowest BCUT2D eigenvalue weighted by Crippen LogP contribution is -2.53. The van der Waals surface area contributed by atoms with E-state index in [4.69, 9.17) is 11.6 Å². The second-order valence-corrected chi connectivity index (χ2v) is 13.1. The number of nitrogens with one attached hydrogen (secondary N) is 1. The van der Waals surface area contributed by atoms with Crippen LogP contribution < -0.4 is 9.62 Å². The van der Waals surface area contributed by atoms with Crippen LogP contribution in [0.2, 0.25) is 5.02 Å². The molecule has 1 N–H and O–H groups in total. The molecule has 1 unspecified atom stereocenters. The molecule has 0 aromatic heterocycles. The van der Waals surface area contributed by atoms with Gasteiger partial charge in [-0.15, -0.1) is 0 Å². The molecule has 4 rings (SSSR count). The summed E-state index contributed by atoms with van der Waals surface area (Å²) in [4.78, 5) is 28.9. The largest absolute Gasteiger partial charge is 0.352 e. The highest BCUT2D eigenvalue weighted by Gasteiger charge is 2.33. The number of hydrogen-bond donors (Lipinski definition) is 1.